The lowest BCUT2D eigenvalue weighted by molar-refractivity contribution is 0.0258. The lowest BCUT2D eigenvalue weighted by atomic mass is 9.94. The molecule has 5 heteroatoms. The first kappa shape index (κ1) is 17.5. The summed E-state index contributed by atoms with van der Waals surface area (Å²) in [5.41, 5.74) is -0.417. The second-order valence-electron chi connectivity index (χ2n) is 7.61. The smallest absolute Gasteiger partial charge is 0.410 e. The number of rotatable bonds is 6. The van der Waals surface area contributed by atoms with Crippen molar-refractivity contribution in [3.05, 3.63) is 0 Å². The molecule has 0 radical (unpaired) electrons. The molecule has 1 amide bonds. The number of nitrogens with one attached hydrogen (secondary N) is 1. The van der Waals surface area contributed by atoms with Crippen molar-refractivity contribution >= 4 is 6.09 Å². The van der Waals surface area contributed by atoms with Crippen LogP contribution in [-0.2, 0) is 4.74 Å². The monoisotopic (exact) mass is 311 g/mol. The Labute approximate surface area is 135 Å². The Morgan fingerprint density at radius 2 is 2.05 bits per heavy atom. The molecule has 0 aromatic rings. The van der Waals surface area contributed by atoms with E-state index in [0.29, 0.717) is 12.6 Å². The summed E-state index contributed by atoms with van der Waals surface area (Å²) in [5, 5.41) is 3.71. The van der Waals surface area contributed by atoms with E-state index in [2.05, 4.69) is 10.2 Å². The average Bonchev–Trinajstić information content (AvgIpc) is 2.81. The molecule has 2 heterocycles. The lowest BCUT2D eigenvalue weighted by Gasteiger charge is -2.31. The van der Waals surface area contributed by atoms with Gasteiger partial charge in [0.05, 0.1) is 0 Å². The van der Waals surface area contributed by atoms with Crippen LogP contribution in [0.2, 0.25) is 0 Å². The van der Waals surface area contributed by atoms with Gasteiger partial charge in [0.2, 0.25) is 0 Å². The van der Waals surface area contributed by atoms with E-state index in [1.807, 2.05) is 27.7 Å². The van der Waals surface area contributed by atoms with E-state index < -0.39 is 5.60 Å². The molecule has 2 aliphatic rings. The van der Waals surface area contributed by atoms with E-state index in [1.165, 1.54) is 32.5 Å². The van der Waals surface area contributed by atoms with Crippen molar-refractivity contribution in [3.63, 3.8) is 0 Å². The summed E-state index contributed by atoms with van der Waals surface area (Å²) >= 11 is 0. The van der Waals surface area contributed by atoms with Gasteiger partial charge in [0.1, 0.15) is 5.60 Å². The molecule has 0 aliphatic carbocycles. The molecule has 22 heavy (non-hydrogen) atoms. The summed E-state index contributed by atoms with van der Waals surface area (Å²) in [5.74, 6) is 0.835. The Kier molecular flexibility index (Phi) is 6.09. The molecule has 3 atom stereocenters. The minimum Gasteiger partial charge on any atom is -0.444 e. The Hall–Kier alpha value is -0.810. The van der Waals surface area contributed by atoms with Crippen molar-refractivity contribution in [1.82, 2.24) is 15.1 Å². The molecule has 0 saturated carbocycles. The van der Waals surface area contributed by atoms with Gasteiger partial charge in [0.25, 0.3) is 0 Å². The fourth-order valence-corrected chi connectivity index (χ4v) is 3.48. The van der Waals surface area contributed by atoms with E-state index in [0.717, 1.165) is 25.4 Å². The molecule has 5 nitrogen and oxygen atoms in total. The van der Waals surface area contributed by atoms with Crippen LogP contribution < -0.4 is 5.32 Å². The third kappa shape index (κ3) is 5.13. The fourth-order valence-electron chi connectivity index (χ4n) is 3.48. The minimum atomic E-state index is -0.417. The third-order valence-electron chi connectivity index (χ3n) is 4.68. The summed E-state index contributed by atoms with van der Waals surface area (Å²) in [6.45, 7) is 14.0. The van der Waals surface area contributed by atoms with E-state index in [-0.39, 0.29) is 6.09 Å². The molecule has 128 valence electrons. The zero-order valence-corrected chi connectivity index (χ0v) is 14.7. The van der Waals surface area contributed by atoms with Crippen molar-refractivity contribution in [2.75, 3.05) is 39.3 Å². The summed E-state index contributed by atoms with van der Waals surface area (Å²) in [6, 6.07) is 0.676. The summed E-state index contributed by atoms with van der Waals surface area (Å²) in [6.07, 6.45) is 3.41. The maximum Gasteiger partial charge on any atom is 0.410 e. The van der Waals surface area contributed by atoms with E-state index in [1.54, 1.807) is 4.90 Å². The third-order valence-corrected chi connectivity index (χ3v) is 4.68. The fraction of sp³-hybridized carbons (Fsp3) is 0.941. The van der Waals surface area contributed by atoms with Gasteiger partial charge in [-0.3, -0.25) is 0 Å². The molecular weight excluding hydrogens is 278 g/mol. The molecule has 2 aliphatic heterocycles. The molecule has 2 fully saturated rings. The Morgan fingerprint density at radius 1 is 1.32 bits per heavy atom. The van der Waals surface area contributed by atoms with Gasteiger partial charge in [-0.2, -0.15) is 0 Å². The van der Waals surface area contributed by atoms with Crippen LogP contribution >= 0.6 is 0 Å². The van der Waals surface area contributed by atoms with Crippen LogP contribution in [0.4, 0.5) is 4.79 Å². The maximum atomic E-state index is 12.1. The normalized spacial score (nSPS) is 27.7. The minimum absolute atomic E-state index is 0.195. The molecule has 0 aromatic carbocycles. The standard InChI is InChI=1S/C17H33N3O2/c1-5-20(16(21)22-17(2,3)4)10-6-9-18-15-8-12-19-11-7-14(15)13-19/h14-15,18H,5-13H2,1-4H3. The average molecular weight is 311 g/mol. The Balaban J connectivity index is 1.65. The van der Waals surface area contributed by atoms with Gasteiger partial charge in [-0.15, -0.1) is 0 Å². The van der Waals surface area contributed by atoms with E-state index in [4.69, 9.17) is 4.74 Å². The van der Waals surface area contributed by atoms with Crippen molar-refractivity contribution in [3.8, 4) is 0 Å². The van der Waals surface area contributed by atoms with Crippen LogP contribution in [0.25, 0.3) is 0 Å². The lowest BCUT2D eigenvalue weighted by Crippen LogP contribution is -2.45. The van der Waals surface area contributed by atoms with Crippen LogP contribution in [0, 0.1) is 5.92 Å². The van der Waals surface area contributed by atoms with Crippen LogP contribution in [0.3, 0.4) is 0 Å². The number of piperidine rings is 1. The summed E-state index contributed by atoms with van der Waals surface area (Å²) in [7, 11) is 0. The SMILES string of the molecule is CCN(CCCNC1CCN2CCC1C2)C(=O)OC(C)(C)C. The van der Waals surface area contributed by atoms with Gasteiger partial charge in [-0.25, -0.2) is 4.79 Å². The number of carbonyl (C=O) groups is 1. The van der Waals surface area contributed by atoms with Crippen molar-refractivity contribution in [2.45, 2.75) is 58.6 Å². The molecule has 3 unspecified atom stereocenters. The molecular formula is C17H33N3O2. The number of fused-ring (bicyclic) bond motifs is 2. The number of hydrogen-bond donors (Lipinski definition) is 1. The van der Waals surface area contributed by atoms with Crippen molar-refractivity contribution in [1.29, 1.82) is 0 Å². The van der Waals surface area contributed by atoms with Crippen LogP contribution in [0.5, 0.6) is 0 Å². The van der Waals surface area contributed by atoms with Gasteiger partial charge in [-0.1, -0.05) is 0 Å². The van der Waals surface area contributed by atoms with Crippen molar-refractivity contribution in [2.24, 2.45) is 5.92 Å². The highest BCUT2D eigenvalue weighted by Gasteiger charge is 2.33. The molecule has 0 spiro atoms. The molecule has 0 aromatic heterocycles. The largest absolute Gasteiger partial charge is 0.444 e. The highest BCUT2D eigenvalue weighted by atomic mass is 16.6. The summed E-state index contributed by atoms with van der Waals surface area (Å²) in [4.78, 5) is 16.4. The first-order valence-electron chi connectivity index (χ1n) is 8.82. The quantitative estimate of drug-likeness (QED) is 0.765. The van der Waals surface area contributed by atoms with Gasteiger partial charge < -0.3 is 19.9 Å². The second kappa shape index (κ2) is 7.64. The van der Waals surface area contributed by atoms with Gasteiger partial charge in [0.15, 0.2) is 0 Å². The highest BCUT2D eigenvalue weighted by molar-refractivity contribution is 5.68. The predicted octanol–water partition coefficient (Wildman–Crippen LogP) is 2.32. The van der Waals surface area contributed by atoms with Crippen molar-refractivity contribution < 1.29 is 9.53 Å². The highest BCUT2D eigenvalue weighted by Crippen LogP contribution is 2.26. The van der Waals surface area contributed by atoms with E-state index in [9.17, 15) is 4.79 Å². The van der Waals surface area contributed by atoms with Gasteiger partial charge in [0, 0.05) is 25.7 Å². The topological polar surface area (TPSA) is 44.8 Å². The summed E-state index contributed by atoms with van der Waals surface area (Å²) < 4.78 is 5.44. The second-order valence-corrected chi connectivity index (χ2v) is 7.61. The zero-order valence-electron chi connectivity index (χ0n) is 14.7. The Morgan fingerprint density at radius 3 is 2.73 bits per heavy atom. The van der Waals surface area contributed by atoms with Crippen LogP contribution in [-0.4, -0.2) is 66.8 Å². The van der Waals surface area contributed by atoms with Gasteiger partial charge >= 0.3 is 6.09 Å². The number of ether oxygens (including phenoxy) is 1. The number of hydrogen-bond acceptors (Lipinski definition) is 4. The van der Waals surface area contributed by atoms with Gasteiger partial charge in [-0.05, 0) is 72.5 Å². The molecule has 2 rings (SSSR count). The molecule has 2 saturated heterocycles. The maximum absolute atomic E-state index is 12.1. The number of nitrogens with zero attached hydrogens (tertiary/aromatic N) is 2. The van der Waals surface area contributed by atoms with E-state index >= 15 is 0 Å². The predicted molar refractivity (Wildman–Crippen MR) is 89.1 cm³/mol. The molecule has 1 N–H and O–H groups in total. The molecule has 2 bridgehead atoms. The zero-order chi connectivity index (χ0) is 16.2. The van der Waals surface area contributed by atoms with Crippen LogP contribution in [0.15, 0.2) is 0 Å². The van der Waals surface area contributed by atoms with Crippen LogP contribution in [0.1, 0.15) is 47.0 Å². The first-order chi connectivity index (χ1) is 10.4. The Bertz CT molecular complexity index is 367. The first-order valence-corrected chi connectivity index (χ1v) is 8.82. The number of carbonyl (C=O) groups excluding carboxylic acids is 1. The number of amides is 1.